The summed E-state index contributed by atoms with van der Waals surface area (Å²) in [6.45, 7) is 0. The van der Waals surface area contributed by atoms with Crippen LogP contribution in [0.2, 0.25) is 0 Å². The van der Waals surface area contributed by atoms with Crippen molar-refractivity contribution in [2.45, 2.75) is 37.6 Å². The fourth-order valence-corrected chi connectivity index (χ4v) is 2.36. The van der Waals surface area contributed by atoms with E-state index in [1.165, 1.54) is 6.42 Å². The van der Waals surface area contributed by atoms with Crippen molar-refractivity contribution in [3.05, 3.63) is 0 Å². The van der Waals surface area contributed by atoms with Crippen LogP contribution in [0.5, 0.6) is 0 Å². The van der Waals surface area contributed by atoms with E-state index >= 15 is 0 Å². The molecule has 0 radical (unpaired) electrons. The lowest BCUT2D eigenvalue weighted by Crippen LogP contribution is -2.48. The van der Waals surface area contributed by atoms with Crippen molar-refractivity contribution < 1.29 is 4.79 Å². The van der Waals surface area contributed by atoms with Gasteiger partial charge in [-0.15, -0.1) is 0 Å². The van der Waals surface area contributed by atoms with Crippen molar-refractivity contribution in [2.24, 2.45) is 5.92 Å². The van der Waals surface area contributed by atoms with Gasteiger partial charge in [0.1, 0.15) is 5.92 Å². The number of nitrogens with one attached hydrogen (secondary N) is 2. The van der Waals surface area contributed by atoms with E-state index in [2.05, 4.69) is 16.9 Å². The van der Waals surface area contributed by atoms with Crippen LogP contribution in [-0.4, -0.2) is 11.4 Å². The minimum absolute atomic E-state index is 0.163. The molecule has 4 heteroatoms. The van der Waals surface area contributed by atoms with Gasteiger partial charge in [0.05, 0.1) is 11.6 Å². The molecule has 0 bridgehead atoms. The highest BCUT2D eigenvalue weighted by Gasteiger charge is 2.48. The third-order valence-electron chi connectivity index (χ3n) is 3.12. The zero-order chi connectivity index (χ0) is 9.31. The highest BCUT2D eigenvalue weighted by atomic mass is 16.2. The first kappa shape index (κ1) is 8.52. The summed E-state index contributed by atoms with van der Waals surface area (Å²) in [4.78, 5) is 11.3. The lowest BCUT2D eigenvalue weighted by molar-refractivity contribution is -0.121. The fraction of sp³-hybridized carbons (Fsp3) is 0.778. The zero-order valence-electron chi connectivity index (χ0n) is 7.47. The maximum atomic E-state index is 11.3. The molecule has 1 aliphatic carbocycles. The number of amides is 1. The molecule has 1 amide bonds. The molecule has 1 heterocycles. The molecule has 2 aliphatic rings. The predicted octanol–water partition coefficient (Wildman–Crippen LogP) is 0.463. The van der Waals surface area contributed by atoms with E-state index < -0.39 is 5.92 Å². The lowest BCUT2D eigenvalue weighted by Gasteiger charge is -2.33. The quantitative estimate of drug-likeness (QED) is 0.568. The van der Waals surface area contributed by atoms with E-state index in [9.17, 15) is 4.79 Å². The summed E-state index contributed by atoms with van der Waals surface area (Å²) in [6, 6.07) is 2.10. The molecule has 2 rings (SSSR count). The molecular formula is C9H13N3O. The van der Waals surface area contributed by atoms with Gasteiger partial charge in [0, 0.05) is 0 Å². The monoisotopic (exact) mass is 179 g/mol. The summed E-state index contributed by atoms with van der Waals surface area (Å²) in [6.07, 6.45) is 5.31. The number of nitriles is 1. The van der Waals surface area contributed by atoms with Gasteiger partial charge in [-0.25, -0.2) is 5.43 Å². The maximum absolute atomic E-state index is 11.3. The third kappa shape index (κ3) is 1.20. The van der Waals surface area contributed by atoms with Gasteiger partial charge in [-0.3, -0.25) is 10.2 Å². The molecule has 1 atom stereocenters. The number of hydrazine groups is 1. The van der Waals surface area contributed by atoms with Gasteiger partial charge in [-0.2, -0.15) is 5.26 Å². The summed E-state index contributed by atoms with van der Waals surface area (Å²) < 4.78 is 0. The molecule has 13 heavy (non-hydrogen) atoms. The first-order valence-corrected chi connectivity index (χ1v) is 4.75. The molecule has 1 spiro atoms. The van der Waals surface area contributed by atoms with Crippen LogP contribution < -0.4 is 10.9 Å². The van der Waals surface area contributed by atoms with Gasteiger partial charge in [0.2, 0.25) is 0 Å². The van der Waals surface area contributed by atoms with Crippen molar-refractivity contribution in [1.29, 1.82) is 5.26 Å². The van der Waals surface area contributed by atoms with Gasteiger partial charge in [-0.05, 0) is 12.8 Å². The van der Waals surface area contributed by atoms with Crippen LogP contribution in [0.1, 0.15) is 32.1 Å². The number of carbonyl (C=O) groups excluding carboxylic acids is 1. The number of hydrogen-bond donors (Lipinski definition) is 2. The van der Waals surface area contributed by atoms with Crippen molar-refractivity contribution in [3.63, 3.8) is 0 Å². The molecule has 1 aliphatic heterocycles. The van der Waals surface area contributed by atoms with Crippen LogP contribution in [-0.2, 0) is 4.79 Å². The van der Waals surface area contributed by atoms with Crippen LogP contribution in [0.4, 0.5) is 0 Å². The van der Waals surface area contributed by atoms with Crippen molar-refractivity contribution in [1.82, 2.24) is 10.9 Å². The van der Waals surface area contributed by atoms with E-state index in [-0.39, 0.29) is 11.4 Å². The van der Waals surface area contributed by atoms with Crippen LogP contribution in [0.15, 0.2) is 0 Å². The average Bonchev–Trinajstić information content (AvgIpc) is 2.45. The third-order valence-corrected chi connectivity index (χ3v) is 3.12. The van der Waals surface area contributed by atoms with E-state index in [0.717, 1.165) is 25.7 Å². The first-order chi connectivity index (χ1) is 6.28. The summed E-state index contributed by atoms with van der Waals surface area (Å²) in [5.74, 6) is -0.655. The molecule has 4 nitrogen and oxygen atoms in total. The molecule has 0 aromatic carbocycles. The number of carbonyl (C=O) groups is 1. The molecule has 1 saturated carbocycles. The smallest absolute Gasteiger partial charge is 0.253 e. The Kier molecular flexibility index (Phi) is 1.97. The Morgan fingerprint density at radius 3 is 2.69 bits per heavy atom. The van der Waals surface area contributed by atoms with Gasteiger partial charge in [-0.1, -0.05) is 19.3 Å². The Labute approximate surface area is 77.3 Å². The fourth-order valence-electron chi connectivity index (χ4n) is 2.36. The van der Waals surface area contributed by atoms with Crippen LogP contribution in [0.3, 0.4) is 0 Å². The van der Waals surface area contributed by atoms with Gasteiger partial charge in [0.25, 0.3) is 5.91 Å². The standard InChI is InChI=1S/C9H13N3O/c10-6-7-8(13)11-12-9(7)4-2-1-3-5-9/h7,12H,1-5H2,(H,11,13). The molecule has 0 aromatic heterocycles. The van der Waals surface area contributed by atoms with Crippen LogP contribution >= 0.6 is 0 Å². The normalized spacial score (nSPS) is 31.3. The Morgan fingerprint density at radius 2 is 2.08 bits per heavy atom. The summed E-state index contributed by atoms with van der Waals surface area (Å²) in [5, 5.41) is 8.90. The summed E-state index contributed by atoms with van der Waals surface area (Å²) in [5.41, 5.74) is 5.31. The Morgan fingerprint density at radius 1 is 1.38 bits per heavy atom. The van der Waals surface area contributed by atoms with Crippen LogP contribution in [0.25, 0.3) is 0 Å². The average molecular weight is 179 g/mol. The predicted molar refractivity (Wildman–Crippen MR) is 46.2 cm³/mol. The summed E-state index contributed by atoms with van der Waals surface area (Å²) >= 11 is 0. The molecule has 70 valence electrons. The van der Waals surface area contributed by atoms with Crippen LogP contribution in [0, 0.1) is 17.2 Å². The van der Waals surface area contributed by atoms with Gasteiger partial charge in [0.15, 0.2) is 0 Å². The second-order valence-electron chi connectivity index (χ2n) is 3.89. The number of hydrogen-bond acceptors (Lipinski definition) is 3. The van der Waals surface area contributed by atoms with E-state index in [1.807, 2.05) is 0 Å². The second-order valence-corrected chi connectivity index (χ2v) is 3.89. The minimum Gasteiger partial charge on any atom is -0.290 e. The number of nitrogens with zero attached hydrogens (tertiary/aromatic N) is 1. The topological polar surface area (TPSA) is 64.9 Å². The maximum Gasteiger partial charge on any atom is 0.253 e. The van der Waals surface area contributed by atoms with Crippen molar-refractivity contribution >= 4 is 5.91 Å². The van der Waals surface area contributed by atoms with Gasteiger partial charge < -0.3 is 0 Å². The lowest BCUT2D eigenvalue weighted by atomic mass is 9.74. The van der Waals surface area contributed by atoms with Crippen molar-refractivity contribution in [2.75, 3.05) is 0 Å². The molecule has 1 unspecified atom stereocenters. The van der Waals surface area contributed by atoms with E-state index in [1.54, 1.807) is 0 Å². The summed E-state index contributed by atoms with van der Waals surface area (Å²) in [7, 11) is 0. The highest BCUT2D eigenvalue weighted by Crippen LogP contribution is 2.36. The van der Waals surface area contributed by atoms with Crippen molar-refractivity contribution in [3.8, 4) is 6.07 Å². The van der Waals surface area contributed by atoms with Gasteiger partial charge >= 0.3 is 0 Å². The number of rotatable bonds is 0. The zero-order valence-corrected chi connectivity index (χ0v) is 7.47. The molecule has 2 fully saturated rings. The largest absolute Gasteiger partial charge is 0.290 e. The first-order valence-electron chi connectivity index (χ1n) is 4.75. The Hall–Kier alpha value is -1.08. The molecule has 1 saturated heterocycles. The second kappa shape index (κ2) is 3.00. The van der Waals surface area contributed by atoms with E-state index in [0.29, 0.717) is 0 Å². The molecule has 0 aromatic rings. The molecule has 2 N–H and O–H groups in total. The molecular weight excluding hydrogens is 166 g/mol. The minimum atomic E-state index is -0.493. The SMILES string of the molecule is N#CC1C(=O)NNC12CCCCC2. The Bertz CT molecular complexity index is 263. The van der Waals surface area contributed by atoms with E-state index in [4.69, 9.17) is 5.26 Å². The Balaban J connectivity index is 2.21. The highest BCUT2D eigenvalue weighted by molar-refractivity contribution is 5.84.